The molecule has 2 amide bonds. The number of nitrogens with one attached hydrogen (secondary N) is 2. The smallest absolute Gasteiger partial charge is 0.338 e. The molecule has 2 N–H and O–H groups in total. The van der Waals surface area contributed by atoms with Gasteiger partial charge in [0.05, 0.1) is 25.3 Å². The SMILES string of the molecule is CCOC(=O)C1=C(CN2CCN(C)CC2)NC(=O)NC1c1ccccc1OC. The molecule has 1 unspecified atom stereocenters. The Bertz CT molecular complexity index is 756. The zero-order valence-corrected chi connectivity index (χ0v) is 16.7. The van der Waals surface area contributed by atoms with E-state index in [0.29, 0.717) is 23.6 Å². The maximum atomic E-state index is 12.9. The highest BCUT2D eigenvalue weighted by Gasteiger charge is 2.35. The van der Waals surface area contributed by atoms with Crippen LogP contribution >= 0.6 is 0 Å². The number of likely N-dealkylation sites (N-methyl/N-ethyl adjacent to an activating group) is 1. The van der Waals surface area contributed by atoms with Crippen LogP contribution in [0.3, 0.4) is 0 Å². The van der Waals surface area contributed by atoms with E-state index in [9.17, 15) is 9.59 Å². The first-order valence-corrected chi connectivity index (χ1v) is 9.55. The molecule has 0 saturated carbocycles. The van der Waals surface area contributed by atoms with E-state index < -0.39 is 12.0 Å². The normalized spacial score (nSPS) is 21.1. The van der Waals surface area contributed by atoms with Crippen LogP contribution in [-0.2, 0) is 9.53 Å². The standard InChI is InChI=1S/C20H28N4O4/c1-4-28-19(25)17-15(13-24-11-9-23(2)10-12-24)21-20(26)22-18(17)14-7-5-6-8-16(14)27-3/h5-8,18H,4,9-13H2,1-3H3,(H2,21,22,26). The minimum Gasteiger partial charge on any atom is -0.496 e. The largest absolute Gasteiger partial charge is 0.496 e. The van der Waals surface area contributed by atoms with Crippen LogP contribution in [0.25, 0.3) is 0 Å². The Kier molecular flexibility index (Phi) is 6.53. The zero-order valence-electron chi connectivity index (χ0n) is 16.7. The molecular weight excluding hydrogens is 360 g/mol. The van der Waals surface area contributed by atoms with Crippen molar-refractivity contribution in [2.24, 2.45) is 0 Å². The van der Waals surface area contributed by atoms with E-state index in [4.69, 9.17) is 9.47 Å². The predicted octanol–water partition coefficient (Wildman–Crippen LogP) is 1.11. The van der Waals surface area contributed by atoms with Gasteiger partial charge < -0.3 is 25.0 Å². The van der Waals surface area contributed by atoms with E-state index in [2.05, 4.69) is 27.5 Å². The number of urea groups is 1. The molecule has 152 valence electrons. The lowest BCUT2D eigenvalue weighted by Gasteiger charge is -2.35. The van der Waals surface area contributed by atoms with Gasteiger partial charge in [0.15, 0.2) is 0 Å². The van der Waals surface area contributed by atoms with Gasteiger partial charge >= 0.3 is 12.0 Å². The Labute approximate surface area is 165 Å². The molecule has 2 aliphatic heterocycles. The molecule has 1 aromatic rings. The number of benzene rings is 1. The van der Waals surface area contributed by atoms with Crippen LogP contribution in [0.4, 0.5) is 4.79 Å². The summed E-state index contributed by atoms with van der Waals surface area (Å²) in [5.74, 6) is 0.172. The van der Waals surface area contributed by atoms with Gasteiger partial charge in [0.2, 0.25) is 0 Å². The lowest BCUT2D eigenvalue weighted by atomic mass is 9.94. The van der Waals surface area contributed by atoms with Crippen molar-refractivity contribution in [1.82, 2.24) is 20.4 Å². The van der Waals surface area contributed by atoms with E-state index in [1.165, 1.54) is 0 Å². The average Bonchev–Trinajstić information content (AvgIpc) is 2.69. The van der Waals surface area contributed by atoms with Crippen molar-refractivity contribution >= 4 is 12.0 Å². The Morgan fingerprint density at radius 3 is 2.61 bits per heavy atom. The Hall–Kier alpha value is -2.58. The number of carbonyl (C=O) groups is 2. The fraction of sp³-hybridized carbons (Fsp3) is 0.500. The fourth-order valence-electron chi connectivity index (χ4n) is 3.56. The number of methoxy groups -OCH3 is 1. The lowest BCUT2D eigenvalue weighted by molar-refractivity contribution is -0.139. The first kappa shape index (κ1) is 20.2. The van der Waals surface area contributed by atoms with Crippen molar-refractivity contribution in [3.63, 3.8) is 0 Å². The monoisotopic (exact) mass is 388 g/mol. The van der Waals surface area contributed by atoms with Crippen LogP contribution in [0.15, 0.2) is 35.5 Å². The lowest BCUT2D eigenvalue weighted by Crippen LogP contribution is -2.51. The molecule has 2 aliphatic rings. The number of ether oxygens (including phenoxy) is 2. The van der Waals surface area contributed by atoms with Crippen molar-refractivity contribution < 1.29 is 19.1 Å². The van der Waals surface area contributed by atoms with Crippen molar-refractivity contribution in [2.45, 2.75) is 13.0 Å². The molecule has 0 radical (unpaired) electrons. The Morgan fingerprint density at radius 1 is 1.21 bits per heavy atom. The predicted molar refractivity (Wildman–Crippen MR) is 105 cm³/mol. The van der Waals surface area contributed by atoms with E-state index in [-0.39, 0.29) is 12.6 Å². The fourth-order valence-corrected chi connectivity index (χ4v) is 3.56. The van der Waals surface area contributed by atoms with Gasteiger partial charge in [-0.05, 0) is 20.0 Å². The van der Waals surface area contributed by atoms with Crippen LogP contribution in [0.1, 0.15) is 18.5 Å². The zero-order chi connectivity index (χ0) is 20.1. The van der Waals surface area contributed by atoms with Gasteiger partial charge in [0, 0.05) is 44.0 Å². The molecule has 1 fully saturated rings. The van der Waals surface area contributed by atoms with Crippen molar-refractivity contribution in [1.29, 1.82) is 0 Å². The maximum Gasteiger partial charge on any atom is 0.338 e. The molecule has 8 heteroatoms. The van der Waals surface area contributed by atoms with Crippen molar-refractivity contribution in [3.8, 4) is 5.75 Å². The van der Waals surface area contributed by atoms with Gasteiger partial charge in [-0.2, -0.15) is 0 Å². The van der Waals surface area contributed by atoms with Crippen LogP contribution in [0, 0.1) is 0 Å². The summed E-state index contributed by atoms with van der Waals surface area (Å²) in [4.78, 5) is 29.7. The van der Waals surface area contributed by atoms with Crippen LogP contribution in [0.5, 0.6) is 5.75 Å². The average molecular weight is 388 g/mol. The molecule has 1 saturated heterocycles. The number of nitrogens with zero attached hydrogens (tertiary/aromatic N) is 2. The number of esters is 1. The number of hydrogen-bond acceptors (Lipinski definition) is 6. The maximum absolute atomic E-state index is 12.9. The van der Waals surface area contributed by atoms with Crippen molar-refractivity contribution in [3.05, 3.63) is 41.1 Å². The summed E-state index contributed by atoms with van der Waals surface area (Å²) in [5.41, 5.74) is 1.73. The molecule has 2 heterocycles. The molecule has 28 heavy (non-hydrogen) atoms. The van der Waals surface area contributed by atoms with Crippen LogP contribution < -0.4 is 15.4 Å². The summed E-state index contributed by atoms with van der Waals surface area (Å²) in [6.07, 6.45) is 0. The highest BCUT2D eigenvalue weighted by molar-refractivity contribution is 5.95. The highest BCUT2D eigenvalue weighted by atomic mass is 16.5. The minimum absolute atomic E-state index is 0.261. The molecule has 3 rings (SSSR count). The minimum atomic E-state index is -0.633. The molecule has 8 nitrogen and oxygen atoms in total. The molecule has 0 aromatic heterocycles. The molecule has 1 aromatic carbocycles. The summed E-state index contributed by atoms with van der Waals surface area (Å²) < 4.78 is 10.8. The summed E-state index contributed by atoms with van der Waals surface area (Å²) in [6.45, 7) is 6.16. The highest BCUT2D eigenvalue weighted by Crippen LogP contribution is 2.33. The molecule has 0 aliphatic carbocycles. The second-order valence-corrected chi connectivity index (χ2v) is 6.97. The summed E-state index contributed by atoms with van der Waals surface area (Å²) >= 11 is 0. The number of hydrogen-bond donors (Lipinski definition) is 2. The number of carbonyl (C=O) groups excluding carboxylic acids is 2. The number of piperazine rings is 1. The molecular formula is C20H28N4O4. The van der Waals surface area contributed by atoms with Gasteiger partial charge in [-0.3, -0.25) is 4.90 Å². The van der Waals surface area contributed by atoms with Crippen molar-refractivity contribution in [2.75, 3.05) is 53.5 Å². The second kappa shape index (κ2) is 9.07. The third-order valence-corrected chi connectivity index (χ3v) is 5.08. The van der Waals surface area contributed by atoms with Gasteiger partial charge in [0.1, 0.15) is 5.75 Å². The van der Waals surface area contributed by atoms with Crippen LogP contribution in [0.2, 0.25) is 0 Å². The van der Waals surface area contributed by atoms with Gasteiger partial charge in [-0.15, -0.1) is 0 Å². The summed E-state index contributed by atoms with van der Waals surface area (Å²) in [7, 11) is 3.66. The van der Waals surface area contributed by atoms with E-state index in [1.807, 2.05) is 24.3 Å². The molecule has 1 atom stereocenters. The third kappa shape index (κ3) is 4.45. The topological polar surface area (TPSA) is 83.1 Å². The first-order valence-electron chi connectivity index (χ1n) is 9.55. The Balaban J connectivity index is 1.99. The number of rotatable bonds is 6. The van der Waals surface area contributed by atoms with E-state index in [1.54, 1.807) is 14.0 Å². The van der Waals surface area contributed by atoms with Crippen LogP contribution in [-0.4, -0.2) is 75.3 Å². The molecule has 0 bridgehead atoms. The summed E-state index contributed by atoms with van der Waals surface area (Å²) in [5, 5.41) is 5.69. The third-order valence-electron chi connectivity index (χ3n) is 5.08. The number of amides is 2. The second-order valence-electron chi connectivity index (χ2n) is 6.97. The summed E-state index contributed by atoms with van der Waals surface area (Å²) in [6, 6.07) is 6.40. The number of para-hydroxylation sites is 1. The Morgan fingerprint density at radius 2 is 1.93 bits per heavy atom. The first-order chi connectivity index (χ1) is 13.5. The quantitative estimate of drug-likeness (QED) is 0.711. The van der Waals surface area contributed by atoms with Gasteiger partial charge in [0.25, 0.3) is 0 Å². The van der Waals surface area contributed by atoms with Gasteiger partial charge in [-0.1, -0.05) is 18.2 Å². The van der Waals surface area contributed by atoms with Gasteiger partial charge in [-0.25, -0.2) is 9.59 Å². The molecule has 0 spiro atoms. The van der Waals surface area contributed by atoms with E-state index in [0.717, 1.165) is 31.7 Å². The van der Waals surface area contributed by atoms with E-state index >= 15 is 0 Å².